The number of rotatable bonds is 11. The van der Waals surface area contributed by atoms with Crippen molar-refractivity contribution in [1.82, 2.24) is 5.32 Å². The molecule has 0 radical (unpaired) electrons. The Labute approximate surface area is 284 Å². The molecule has 4 aromatic rings. The van der Waals surface area contributed by atoms with Crippen LogP contribution in [0.15, 0.2) is 90.5 Å². The fraction of sp³-hybridized carbons (Fsp3) is 0.118. The predicted octanol–water partition coefficient (Wildman–Crippen LogP) is 7.31. The van der Waals surface area contributed by atoms with Crippen molar-refractivity contribution < 1.29 is 33.4 Å². The summed E-state index contributed by atoms with van der Waals surface area (Å²) in [6.45, 7) is 1.87. The molecule has 5 rings (SSSR count). The smallest absolute Gasteiger partial charge is 0.335 e. The Morgan fingerprint density at radius 3 is 2.30 bits per heavy atom. The second kappa shape index (κ2) is 15.0. The third kappa shape index (κ3) is 8.23. The maximum absolute atomic E-state index is 13.5. The van der Waals surface area contributed by atoms with Gasteiger partial charge in [-0.05, 0) is 78.7 Å². The predicted molar refractivity (Wildman–Crippen MR) is 179 cm³/mol. The van der Waals surface area contributed by atoms with Gasteiger partial charge in [0.05, 0.1) is 27.4 Å². The highest BCUT2D eigenvalue weighted by Crippen LogP contribution is 2.38. The second-order valence-corrected chi connectivity index (χ2v) is 11.2. The number of amides is 5. The highest BCUT2D eigenvalue weighted by Gasteiger charge is 2.37. The first-order valence-corrected chi connectivity index (χ1v) is 15.3. The van der Waals surface area contributed by atoms with Crippen LogP contribution in [0.3, 0.4) is 0 Å². The lowest BCUT2D eigenvalue weighted by Crippen LogP contribution is -2.54. The zero-order chi connectivity index (χ0) is 33.5. The number of hydrogen-bond acceptors (Lipinski definition) is 7. The van der Waals surface area contributed by atoms with Gasteiger partial charge in [-0.25, -0.2) is 9.69 Å². The number of hydrogen-bond donors (Lipinski definition) is 2. The van der Waals surface area contributed by atoms with E-state index in [1.54, 1.807) is 43.3 Å². The number of nitrogens with one attached hydrogen (secondary N) is 2. The van der Waals surface area contributed by atoms with E-state index in [1.807, 2.05) is 30.3 Å². The summed E-state index contributed by atoms with van der Waals surface area (Å²) in [6, 6.07) is 22.6. The number of halogens is 3. The molecule has 1 fully saturated rings. The number of carbonyl (C=O) groups excluding carboxylic acids is 4. The molecule has 0 aliphatic carbocycles. The van der Waals surface area contributed by atoms with E-state index in [-0.39, 0.29) is 39.4 Å². The molecule has 2 N–H and O–H groups in total. The zero-order valence-electron chi connectivity index (χ0n) is 24.7. The number of nitrogens with zero attached hydrogens (tertiary/aromatic N) is 1. The third-order valence-electron chi connectivity index (χ3n) is 6.64. The number of urea groups is 1. The molecule has 1 aliphatic rings. The maximum atomic E-state index is 13.5. The molecule has 0 atom stereocenters. The number of anilines is 2. The fourth-order valence-electron chi connectivity index (χ4n) is 4.47. The van der Waals surface area contributed by atoms with Crippen molar-refractivity contribution in [2.75, 3.05) is 23.4 Å². The van der Waals surface area contributed by atoms with Crippen LogP contribution in [0.2, 0.25) is 15.1 Å². The topological polar surface area (TPSA) is 123 Å². The van der Waals surface area contributed by atoms with Crippen LogP contribution in [0, 0.1) is 0 Å². The lowest BCUT2D eigenvalue weighted by molar-refractivity contribution is -0.122. The summed E-state index contributed by atoms with van der Waals surface area (Å²) < 4.78 is 17.1. The molecular weight excluding hydrogens is 669 g/mol. The normalized spacial score (nSPS) is 13.7. The summed E-state index contributed by atoms with van der Waals surface area (Å²) in [6.07, 6.45) is 1.28. The number of carbonyl (C=O) groups is 4. The Balaban J connectivity index is 1.32. The molecule has 240 valence electrons. The fourth-order valence-corrected chi connectivity index (χ4v) is 5.05. The molecule has 1 aliphatic heterocycles. The van der Waals surface area contributed by atoms with Crippen LogP contribution in [0.1, 0.15) is 18.1 Å². The van der Waals surface area contributed by atoms with Gasteiger partial charge in [-0.3, -0.25) is 19.7 Å². The first kappa shape index (κ1) is 33.3. The van der Waals surface area contributed by atoms with Gasteiger partial charge < -0.3 is 19.5 Å². The molecule has 4 aromatic carbocycles. The van der Waals surface area contributed by atoms with Crippen LogP contribution in [0.25, 0.3) is 6.08 Å². The summed E-state index contributed by atoms with van der Waals surface area (Å²) in [5.41, 5.74) is 1.62. The molecule has 13 heteroatoms. The minimum Gasteiger partial charge on any atom is -0.490 e. The number of imide groups is 2. The van der Waals surface area contributed by atoms with Gasteiger partial charge in [0.15, 0.2) is 18.1 Å². The van der Waals surface area contributed by atoms with Crippen LogP contribution in [0.5, 0.6) is 17.2 Å². The van der Waals surface area contributed by atoms with Gasteiger partial charge in [0, 0.05) is 5.69 Å². The maximum Gasteiger partial charge on any atom is 0.335 e. The summed E-state index contributed by atoms with van der Waals surface area (Å²) >= 11 is 18.4. The zero-order valence-corrected chi connectivity index (χ0v) is 27.0. The molecule has 0 unspecified atom stereocenters. The van der Waals surface area contributed by atoms with Gasteiger partial charge in [0.2, 0.25) is 0 Å². The number of ether oxygens (including phenoxy) is 3. The largest absolute Gasteiger partial charge is 0.490 e. The minimum atomic E-state index is -0.897. The Kier molecular flexibility index (Phi) is 10.7. The molecule has 10 nitrogen and oxygen atoms in total. The summed E-state index contributed by atoms with van der Waals surface area (Å²) in [7, 11) is 0. The van der Waals surface area contributed by atoms with E-state index in [4.69, 9.17) is 49.0 Å². The summed E-state index contributed by atoms with van der Waals surface area (Å²) in [4.78, 5) is 52.4. The quantitative estimate of drug-likeness (QED) is 0.125. The Morgan fingerprint density at radius 2 is 1.60 bits per heavy atom. The Hall–Kier alpha value is -5.03. The lowest BCUT2D eigenvalue weighted by atomic mass is 10.1. The van der Waals surface area contributed by atoms with Crippen molar-refractivity contribution in [3.8, 4) is 17.2 Å². The Bertz CT molecular complexity index is 1870. The van der Waals surface area contributed by atoms with Crippen molar-refractivity contribution in [2.24, 2.45) is 0 Å². The van der Waals surface area contributed by atoms with Gasteiger partial charge >= 0.3 is 6.03 Å². The van der Waals surface area contributed by atoms with Gasteiger partial charge in [0.1, 0.15) is 17.9 Å². The summed E-state index contributed by atoms with van der Waals surface area (Å²) in [5, 5.41) is 5.50. The highest BCUT2D eigenvalue weighted by atomic mass is 35.5. The van der Waals surface area contributed by atoms with E-state index in [0.29, 0.717) is 28.6 Å². The first-order valence-electron chi connectivity index (χ1n) is 14.1. The van der Waals surface area contributed by atoms with Gasteiger partial charge in [-0.15, -0.1) is 0 Å². The highest BCUT2D eigenvalue weighted by molar-refractivity contribution is 6.42. The molecule has 0 bridgehead atoms. The molecule has 5 amide bonds. The first-order chi connectivity index (χ1) is 22.6. The SMILES string of the molecule is CCOc1cc(/C=C2/C(=O)NC(=O)N(c3ccc(OCc4ccccc4)cc3)C2=O)cc(Cl)c1OCC(=O)Nc1ccc(Cl)c(Cl)c1. The van der Waals surface area contributed by atoms with Crippen LogP contribution in [-0.4, -0.2) is 37.0 Å². The monoisotopic (exact) mass is 693 g/mol. The third-order valence-corrected chi connectivity index (χ3v) is 7.66. The molecule has 0 spiro atoms. The standard InChI is InChI=1S/C34H26Cl3N3O7/c1-2-45-29-16-21(15-28(37)31(29)47-19-30(41)38-22-8-13-26(35)27(36)17-22)14-25-32(42)39-34(44)40(33(25)43)23-9-11-24(12-10-23)46-18-20-6-4-3-5-7-20/h3-17H,2,18-19H2,1H3,(H,38,41)(H,39,42,44)/b25-14-. The molecule has 0 aromatic heterocycles. The van der Waals surface area contributed by atoms with Crippen LogP contribution in [-0.2, 0) is 21.0 Å². The Morgan fingerprint density at radius 1 is 0.851 bits per heavy atom. The van der Waals surface area contributed by atoms with Crippen molar-refractivity contribution in [2.45, 2.75) is 13.5 Å². The van der Waals surface area contributed by atoms with E-state index < -0.39 is 30.4 Å². The second-order valence-electron chi connectivity index (χ2n) is 9.95. The molecular formula is C34H26Cl3N3O7. The van der Waals surface area contributed by atoms with Gasteiger partial charge in [-0.2, -0.15) is 0 Å². The van der Waals surface area contributed by atoms with Crippen LogP contribution >= 0.6 is 34.8 Å². The number of benzene rings is 4. The average Bonchev–Trinajstić information content (AvgIpc) is 3.04. The van der Waals surface area contributed by atoms with E-state index in [9.17, 15) is 19.2 Å². The lowest BCUT2D eigenvalue weighted by Gasteiger charge is -2.26. The van der Waals surface area contributed by atoms with E-state index >= 15 is 0 Å². The van der Waals surface area contributed by atoms with Crippen molar-refractivity contribution >= 4 is 76.0 Å². The van der Waals surface area contributed by atoms with Crippen LogP contribution < -0.4 is 29.7 Å². The molecule has 0 saturated carbocycles. The van der Waals surface area contributed by atoms with Gasteiger partial charge in [0.25, 0.3) is 17.7 Å². The van der Waals surface area contributed by atoms with E-state index in [1.165, 1.54) is 24.3 Å². The van der Waals surface area contributed by atoms with Crippen molar-refractivity contribution in [1.29, 1.82) is 0 Å². The minimum absolute atomic E-state index is 0.0489. The van der Waals surface area contributed by atoms with E-state index in [0.717, 1.165) is 10.5 Å². The van der Waals surface area contributed by atoms with Crippen molar-refractivity contribution in [3.63, 3.8) is 0 Å². The molecule has 1 saturated heterocycles. The van der Waals surface area contributed by atoms with Gasteiger partial charge in [-0.1, -0.05) is 65.1 Å². The molecule has 47 heavy (non-hydrogen) atoms. The number of barbiturate groups is 1. The van der Waals surface area contributed by atoms with Crippen molar-refractivity contribution in [3.05, 3.63) is 117 Å². The van der Waals surface area contributed by atoms with Crippen LogP contribution in [0.4, 0.5) is 16.2 Å². The molecule has 1 heterocycles. The van der Waals surface area contributed by atoms with E-state index in [2.05, 4.69) is 10.6 Å². The summed E-state index contributed by atoms with van der Waals surface area (Å²) in [5.74, 6) is -1.46. The average molecular weight is 695 g/mol.